The molecule has 1 amide bonds. The third-order valence-electron chi connectivity index (χ3n) is 4.54. The average molecular weight is 354 g/mol. The molecule has 2 aromatic rings. The predicted molar refractivity (Wildman–Crippen MR) is 102 cm³/mol. The lowest BCUT2D eigenvalue weighted by Gasteiger charge is -2.20. The number of pyridine rings is 1. The first-order valence-electron chi connectivity index (χ1n) is 9.24. The first-order chi connectivity index (χ1) is 12.7. The summed E-state index contributed by atoms with van der Waals surface area (Å²) in [6, 6.07) is 5.72. The molecule has 2 heterocycles. The minimum Gasteiger partial charge on any atom is -0.368 e. The number of rotatable bonds is 7. The zero-order valence-electron chi connectivity index (χ0n) is 15.2. The number of nitrogens with zero attached hydrogens (tertiary/aromatic N) is 3. The molecule has 0 bridgehead atoms. The maximum absolute atomic E-state index is 12.1. The van der Waals surface area contributed by atoms with E-state index in [1.54, 1.807) is 6.20 Å². The Labute approximate surface area is 154 Å². The van der Waals surface area contributed by atoms with Crippen LogP contribution in [0.3, 0.4) is 0 Å². The molecule has 1 aliphatic rings. The van der Waals surface area contributed by atoms with Gasteiger partial charge in [-0.15, -0.1) is 0 Å². The second kappa shape index (κ2) is 9.12. The lowest BCUT2D eigenvalue weighted by molar-refractivity contribution is -0.125. The Bertz CT molecular complexity index is 729. The SMILES string of the molecule is Cc1ccnc(Nc2cc(NCCNC(=O)C3CCCCC3)ncn2)c1. The highest BCUT2D eigenvalue weighted by atomic mass is 16.1. The van der Waals surface area contributed by atoms with E-state index in [1.807, 2.05) is 25.1 Å². The molecule has 0 aliphatic heterocycles. The van der Waals surface area contributed by atoms with E-state index in [-0.39, 0.29) is 11.8 Å². The molecule has 2 aromatic heterocycles. The molecule has 0 aromatic carbocycles. The van der Waals surface area contributed by atoms with Gasteiger partial charge < -0.3 is 16.0 Å². The first kappa shape index (κ1) is 18.1. The van der Waals surface area contributed by atoms with Gasteiger partial charge >= 0.3 is 0 Å². The summed E-state index contributed by atoms with van der Waals surface area (Å²) in [7, 11) is 0. The molecule has 3 rings (SSSR count). The normalized spacial score (nSPS) is 14.7. The van der Waals surface area contributed by atoms with Crippen molar-refractivity contribution in [3.63, 3.8) is 0 Å². The third-order valence-corrected chi connectivity index (χ3v) is 4.54. The minimum atomic E-state index is 0.182. The van der Waals surface area contributed by atoms with E-state index in [4.69, 9.17) is 0 Å². The van der Waals surface area contributed by atoms with E-state index in [0.717, 1.165) is 24.2 Å². The van der Waals surface area contributed by atoms with Gasteiger partial charge in [-0.1, -0.05) is 19.3 Å². The molecule has 0 saturated heterocycles. The lowest BCUT2D eigenvalue weighted by atomic mass is 9.89. The van der Waals surface area contributed by atoms with Gasteiger partial charge in [-0.25, -0.2) is 15.0 Å². The largest absolute Gasteiger partial charge is 0.368 e. The van der Waals surface area contributed by atoms with Crippen molar-refractivity contribution in [2.75, 3.05) is 23.7 Å². The second-order valence-corrected chi connectivity index (χ2v) is 6.68. The molecule has 7 nitrogen and oxygen atoms in total. The number of aromatic nitrogens is 3. The molecule has 138 valence electrons. The molecule has 1 fully saturated rings. The number of hydrogen-bond acceptors (Lipinski definition) is 6. The van der Waals surface area contributed by atoms with Gasteiger partial charge in [0.05, 0.1) is 0 Å². The molecule has 7 heteroatoms. The molecule has 3 N–H and O–H groups in total. The number of carbonyl (C=O) groups excluding carboxylic acids is 1. The third kappa shape index (κ3) is 5.40. The maximum atomic E-state index is 12.1. The van der Waals surface area contributed by atoms with E-state index < -0.39 is 0 Å². The summed E-state index contributed by atoms with van der Waals surface area (Å²) in [5.74, 6) is 2.51. The Morgan fingerprint density at radius 2 is 1.81 bits per heavy atom. The van der Waals surface area contributed by atoms with E-state index in [0.29, 0.717) is 24.7 Å². The van der Waals surface area contributed by atoms with Crippen molar-refractivity contribution in [3.05, 3.63) is 36.3 Å². The van der Waals surface area contributed by atoms with Crippen LogP contribution in [0.2, 0.25) is 0 Å². The molecule has 26 heavy (non-hydrogen) atoms. The fraction of sp³-hybridized carbons (Fsp3) is 0.474. The molecule has 1 aliphatic carbocycles. The van der Waals surface area contributed by atoms with Crippen LogP contribution in [-0.2, 0) is 4.79 Å². The molecular weight excluding hydrogens is 328 g/mol. The van der Waals surface area contributed by atoms with Crippen LogP contribution in [0.15, 0.2) is 30.7 Å². The van der Waals surface area contributed by atoms with Crippen molar-refractivity contribution in [3.8, 4) is 0 Å². The van der Waals surface area contributed by atoms with Gasteiger partial charge in [-0.2, -0.15) is 0 Å². The van der Waals surface area contributed by atoms with Gasteiger partial charge in [0.2, 0.25) is 5.91 Å². The van der Waals surface area contributed by atoms with Crippen molar-refractivity contribution in [2.24, 2.45) is 5.92 Å². The molecule has 1 saturated carbocycles. The lowest BCUT2D eigenvalue weighted by Crippen LogP contribution is -2.35. The van der Waals surface area contributed by atoms with Crippen molar-refractivity contribution >= 4 is 23.4 Å². The fourth-order valence-corrected chi connectivity index (χ4v) is 3.14. The highest BCUT2D eigenvalue weighted by molar-refractivity contribution is 5.78. The van der Waals surface area contributed by atoms with Gasteiger partial charge in [0.1, 0.15) is 23.8 Å². The van der Waals surface area contributed by atoms with Crippen LogP contribution in [0.4, 0.5) is 17.5 Å². The van der Waals surface area contributed by atoms with Crippen molar-refractivity contribution in [2.45, 2.75) is 39.0 Å². The van der Waals surface area contributed by atoms with Gasteiger partial charge in [-0.3, -0.25) is 4.79 Å². The Morgan fingerprint density at radius 1 is 1.04 bits per heavy atom. The smallest absolute Gasteiger partial charge is 0.223 e. The van der Waals surface area contributed by atoms with Crippen LogP contribution in [-0.4, -0.2) is 33.9 Å². The van der Waals surface area contributed by atoms with Crippen molar-refractivity contribution < 1.29 is 4.79 Å². The number of hydrogen-bond donors (Lipinski definition) is 3. The summed E-state index contributed by atoms with van der Waals surface area (Å²) < 4.78 is 0. The number of nitrogens with one attached hydrogen (secondary N) is 3. The van der Waals surface area contributed by atoms with Gasteiger partial charge in [0.15, 0.2) is 0 Å². The Balaban J connectivity index is 1.44. The van der Waals surface area contributed by atoms with E-state index in [2.05, 4.69) is 30.9 Å². The summed E-state index contributed by atoms with van der Waals surface area (Å²) in [4.78, 5) is 24.8. The molecule has 0 spiro atoms. The summed E-state index contributed by atoms with van der Waals surface area (Å²) in [5.41, 5.74) is 1.13. The van der Waals surface area contributed by atoms with E-state index in [1.165, 1.54) is 25.6 Å². The van der Waals surface area contributed by atoms with E-state index in [9.17, 15) is 4.79 Å². The molecule has 0 radical (unpaired) electrons. The molecule has 0 atom stereocenters. The number of aryl methyl sites for hydroxylation is 1. The molecule has 0 unspecified atom stereocenters. The van der Waals surface area contributed by atoms with Crippen LogP contribution >= 0.6 is 0 Å². The topological polar surface area (TPSA) is 91.8 Å². The average Bonchev–Trinajstić information content (AvgIpc) is 2.66. The van der Waals surface area contributed by atoms with Crippen LogP contribution < -0.4 is 16.0 Å². The van der Waals surface area contributed by atoms with Crippen molar-refractivity contribution in [1.29, 1.82) is 0 Å². The van der Waals surface area contributed by atoms with Crippen LogP contribution in [0.1, 0.15) is 37.7 Å². The van der Waals surface area contributed by atoms with Crippen LogP contribution in [0.5, 0.6) is 0 Å². The second-order valence-electron chi connectivity index (χ2n) is 6.68. The quantitative estimate of drug-likeness (QED) is 0.662. The van der Waals surface area contributed by atoms with Crippen LogP contribution in [0.25, 0.3) is 0 Å². The summed E-state index contributed by atoms with van der Waals surface area (Å²) in [6.07, 6.45) is 8.90. The predicted octanol–water partition coefficient (Wildman–Crippen LogP) is 3.03. The summed E-state index contributed by atoms with van der Waals surface area (Å²) in [5, 5.41) is 9.39. The van der Waals surface area contributed by atoms with Crippen molar-refractivity contribution in [1.82, 2.24) is 20.3 Å². The summed E-state index contributed by atoms with van der Waals surface area (Å²) >= 11 is 0. The highest BCUT2D eigenvalue weighted by Gasteiger charge is 2.20. The zero-order chi connectivity index (χ0) is 18.2. The first-order valence-corrected chi connectivity index (χ1v) is 9.24. The molecular formula is C19H26N6O. The minimum absolute atomic E-state index is 0.182. The number of anilines is 3. The van der Waals surface area contributed by atoms with Gasteiger partial charge in [0.25, 0.3) is 0 Å². The highest BCUT2D eigenvalue weighted by Crippen LogP contribution is 2.23. The number of amides is 1. The van der Waals surface area contributed by atoms with Gasteiger partial charge in [-0.05, 0) is 37.5 Å². The number of carbonyl (C=O) groups is 1. The maximum Gasteiger partial charge on any atom is 0.223 e. The fourth-order valence-electron chi connectivity index (χ4n) is 3.14. The zero-order valence-corrected chi connectivity index (χ0v) is 15.2. The van der Waals surface area contributed by atoms with Gasteiger partial charge in [0, 0.05) is 31.3 Å². The monoisotopic (exact) mass is 354 g/mol. The van der Waals surface area contributed by atoms with E-state index >= 15 is 0 Å². The Morgan fingerprint density at radius 3 is 2.62 bits per heavy atom. The standard InChI is InChI=1S/C19H26N6O/c1-14-7-8-20-17(11-14)25-18-12-16(23-13-24-18)21-9-10-22-19(26)15-5-3-2-4-6-15/h7-8,11-13,15H,2-6,9-10H2,1H3,(H,22,26)(H2,20,21,23,24,25). The Kier molecular flexibility index (Phi) is 6.35. The summed E-state index contributed by atoms with van der Waals surface area (Å²) in [6.45, 7) is 3.22. The van der Waals surface area contributed by atoms with Crippen LogP contribution in [0, 0.1) is 12.8 Å². The Hall–Kier alpha value is -2.70.